The number of anilines is 3. The van der Waals surface area contributed by atoms with E-state index in [1.54, 1.807) is 37.6 Å². The quantitative estimate of drug-likeness (QED) is 0.651. The summed E-state index contributed by atoms with van der Waals surface area (Å²) in [5.41, 5.74) is 5.09. The molecule has 1 amide bonds. The molecule has 0 fully saturated rings. The van der Waals surface area contributed by atoms with Gasteiger partial charge in [-0.15, -0.1) is 0 Å². The third-order valence-electron chi connectivity index (χ3n) is 4.45. The van der Waals surface area contributed by atoms with Gasteiger partial charge < -0.3 is 20.1 Å². The second-order valence-corrected chi connectivity index (χ2v) is 6.38. The predicted octanol–water partition coefficient (Wildman–Crippen LogP) is 4.71. The number of ether oxygens (including phenoxy) is 2. The Hall–Kier alpha value is -3.54. The first-order chi connectivity index (χ1) is 13.5. The van der Waals surface area contributed by atoms with Gasteiger partial charge in [0.2, 0.25) is 0 Å². The monoisotopic (exact) mass is 377 g/mol. The Balaban J connectivity index is 1.70. The average molecular weight is 377 g/mol. The van der Waals surface area contributed by atoms with Crippen molar-refractivity contribution in [1.82, 2.24) is 4.98 Å². The van der Waals surface area contributed by atoms with E-state index in [1.807, 2.05) is 12.1 Å². The second kappa shape index (κ2) is 8.43. The van der Waals surface area contributed by atoms with E-state index in [0.717, 1.165) is 11.4 Å². The van der Waals surface area contributed by atoms with Crippen LogP contribution < -0.4 is 20.1 Å². The number of rotatable bonds is 6. The number of hydrogen-bond donors (Lipinski definition) is 2. The molecule has 6 nitrogen and oxygen atoms in total. The number of benzene rings is 2. The van der Waals surface area contributed by atoms with Gasteiger partial charge >= 0.3 is 0 Å². The third-order valence-corrected chi connectivity index (χ3v) is 4.45. The zero-order chi connectivity index (χ0) is 20.1. The summed E-state index contributed by atoms with van der Waals surface area (Å²) in [5.74, 6) is 0.844. The Morgan fingerprint density at radius 3 is 2.32 bits per heavy atom. The summed E-state index contributed by atoms with van der Waals surface area (Å²) in [6, 6.07) is 14.8. The lowest BCUT2D eigenvalue weighted by atomic mass is 10.1. The molecular weight excluding hydrogens is 354 g/mol. The highest BCUT2D eigenvalue weighted by atomic mass is 16.5. The van der Waals surface area contributed by atoms with Gasteiger partial charge in [-0.1, -0.05) is 6.07 Å². The van der Waals surface area contributed by atoms with Crippen molar-refractivity contribution in [2.24, 2.45) is 0 Å². The molecule has 0 aliphatic carbocycles. The second-order valence-electron chi connectivity index (χ2n) is 6.38. The number of nitrogens with one attached hydrogen (secondary N) is 2. The summed E-state index contributed by atoms with van der Waals surface area (Å²) in [6.45, 7) is 4.14. The summed E-state index contributed by atoms with van der Waals surface area (Å²) in [4.78, 5) is 16.8. The first-order valence-corrected chi connectivity index (χ1v) is 8.84. The molecule has 0 saturated carbocycles. The van der Waals surface area contributed by atoms with Crippen LogP contribution in [0.4, 0.5) is 17.1 Å². The minimum absolute atomic E-state index is 0.309. The third kappa shape index (κ3) is 4.40. The van der Waals surface area contributed by atoms with E-state index in [-0.39, 0.29) is 5.91 Å². The van der Waals surface area contributed by atoms with E-state index in [9.17, 15) is 4.79 Å². The van der Waals surface area contributed by atoms with Gasteiger partial charge in [-0.3, -0.25) is 4.79 Å². The normalized spacial score (nSPS) is 10.3. The molecule has 6 heteroatoms. The van der Waals surface area contributed by atoms with Gasteiger partial charge in [0.25, 0.3) is 5.91 Å². The topological polar surface area (TPSA) is 72.5 Å². The molecule has 0 spiro atoms. The molecule has 0 bridgehead atoms. The number of amides is 1. The smallest absolute Gasteiger partial charge is 0.274 e. The van der Waals surface area contributed by atoms with Gasteiger partial charge in [-0.05, 0) is 61.4 Å². The molecule has 0 saturated heterocycles. The van der Waals surface area contributed by atoms with Crippen LogP contribution in [-0.4, -0.2) is 25.1 Å². The van der Waals surface area contributed by atoms with Gasteiger partial charge in [0, 0.05) is 11.8 Å². The van der Waals surface area contributed by atoms with E-state index in [2.05, 4.69) is 41.6 Å². The highest BCUT2D eigenvalue weighted by Gasteiger charge is 2.12. The number of aromatic nitrogens is 1. The van der Waals surface area contributed by atoms with Crippen LogP contribution in [0.5, 0.6) is 11.5 Å². The van der Waals surface area contributed by atoms with E-state index >= 15 is 0 Å². The minimum Gasteiger partial charge on any atom is -0.497 e. The van der Waals surface area contributed by atoms with Gasteiger partial charge in [-0.25, -0.2) is 4.98 Å². The maximum absolute atomic E-state index is 12.5. The van der Waals surface area contributed by atoms with Crippen LogP contribution in [0.25, 0.3) is 0 Å². The maximum atomic E-state index is 12.5. The zero-order valence-electron chi connectivity index (χ0n) is 16.4. The van der Waals surface area contributed by atoms with E-state index < -0.39 is 0 Å². The van der Waals surface area contributed by atoms with E-state index in [4.69, 9.17) is 9.47 Å². The molecule has 0 radical (unpaired) electrons. The van der Waals surface area contributed by atoms with Gasteiger partial charge in [0.15, 0.2) is 0 Å². The van der Waals surface area contributed by atoms with E-state index in [1.165, 1.54) is 18.2 Å². The molecule has 0 unspecified atom stereocenters. The Morgan fingerprint density at radius 2 is 1.68 bits per heavy atom. The largest absolute Gasteiger partial charge is 0.497 e. The lowest BCUT2D eigenvalue weighted by Crippen LogP contribution is -2.14. The Kier molecular flexibility index (Phi) is 5.79. The highest BCUT2D eigenvalue weighted by Crippen LogP contribution is 2.29. The number of carbonyl (C=O) groups excluding carboxylic acids is 1. The van der Waals surface area contributed by atoms with Crippen molar-refractivity contribution in [3.05, 3.63) is 71.5 Å². The fraction of sp³-hybridized carbons (Fsp3) is 0.182. The first kappa shape index (κ1) is 19.2. The number of nitrogens with zero attached hydrogens (tertiary/aromatic N) is 1. The van der Waals surface area contributed by atoms with Crippen LogP contribution in [-0.2, 0) is 0 Å². The molecule has 2 N–H and O–H groups in total. The van der Waals surface area contributed by atoms with Crippen molar-refractivity contribution >= 4 is 23.0 Å². The fourth-order valence-electron chi connectivity index (χ4n) is 2.68. The lowest BCUT2D eigenvalue weighted by Gasteiger charge is -2.12. The molecule has 0 atom stereocenters. The summed E-state index contributed by atoms with van der Waals surface area (Å²) in [7, 11) is 3.11. The van der Waals surface area contributed by atoms with Crippen molar-refractivity contribution in [3.63, 3.8) is 0 Å². The van der Waals surface area contributed by atoms with Crippen LogP contribution in [0, 0.1) is 13.8 Å². The zero-order valence-corrected chi connectivity index (χ0v) is 16.4. The lowest BCUT2D eigenvalue weighted by molar-refractivity contribution is 0.102. The SMILES string of the molecule is COc1ccc(NC(=O)c2ccc(Nc3ccc(C)c(C)c3)cn2)c(OC)c1. The molecule has 3 aromatic rings. The van der Waals surface area contributed by atoms with Crippen molar-refractivity contribution in [3.8, 4) is 11.5 Å². The summed E-state index contributed by atoms with van der Waals surface area (Å²) in [6.07, 6.45) is 1.63. The number of pyridine rings is 1. The fourth-order valence-corrected chi connectivity index (χ4v) is 2.68. The van der Waals surface area contributed by atoms with Crippen molar-refractivity contribution < 1.29 is 14.3 Å². The van der Waals surface area contributed by atoms with Crippen LogP contribution >= 0.6 is 0 Å². The molecule has 144 valence electrons. The van der Waals surface area contributed by atoms with Gasteiger partial charge in [0.1, 0.15) is 17.2 Å². The summed E-state index contributed by atoms with van der Waals surface area (Å²) >= 11 is 0. The van der Waals surface area contributed by atoms with Crippen molar-refractivity contribution in [2.45, 2.75) is 13.8 Å². The maximum Gasteiger partial charge on any atom is 0.274 e. The first-order valence-electron chi connectivity index (χ1n) is 8.84. The number of carbonyl (C=O) groups is 1. The average Bonchev–Trinajstić information content (AvgIpc) is 2.71. The highest BCUT2D eigenvalue weighted by molar-refractivity contribution is 6.03. The molecule has 2 aromatic carbocycles. The van der Waals surface area contributed by atoms with Crippen LogP contribution in [0.3, 0.4) is 0 Å². The number of methoxy groups -OCH3 is 2. The van der Waals surface area contributed by atoms with Crippen LogP contribution in [0.15, 0.2) is 54.7 Å². The summed E-state index contributed by atoms with van der Waals surface area (Å²) in [5, 5.41) is 6.10. The minimum atomic E-state index is -0.318. The van der Waals surface area contributed by atoms with Crippen LogP contribution in [0.1, 0.15) is 21.6 Å². The molecule has 1 heterocycles. The molecule has 0 aliphatic heterocycles. The molecule has 28 heavy (non-hydrogen) atoms. The number of aryl methyl sites for hydroxylation is 2. The number of hydrogen-bond acceptors (Lipinski definition) is 5. The van der Waals surface area contributed by atoms with E-state index in [0.29, 0.717) is 22.9 Å². The molecular formula is C22H23N3O3. The van der Waals surface area contributed by atoms with Gasteiger partial charge in [0.05, 0.1) is 31.8 Å². The van der Waals surface area contributed by atoms with Crippen molar-refractivity contribution in [2.75, 3.05) is 24.9 Å². The Morgan fingerprint density at radius 1 is 0.893 bits per heavy atom. The molecule has 3 rings (SSSR count). The standard InChI is InChI=1S/C22H23N3O3/c1-14-5-6-16(11-15(14)2)24-17-7-9-20(23-13-17)22(26)25-19-10-8-18(27-3)12-21(19)28-4/h5-13,24H,1-4H3,(H,25,26). The van der Waals surface area contributed by atoms with Crippen molar-refractivity contribution in [1.29, 1.82) is 0 Å². The van der Waals surface area contributed by atoms with Gasteiger partial charge in [-0.2, -0.15) is 0 Å². The Labute approximate surface area is 164 Å². The summed E-state index contributed by atoms with van der Waals surface area (Å²) < 4.78 is 10.5. The van der Waals surface area contributed by atoms with Crippen LogP contribution in [0.2, 0.25) is 0 Å². The molecule has 1 aromatic heterocycles. The molecule has 0 aliphatic rings. The predicted molar refractivity (Wildman–Crippen MR) is 111 cm³/mol. The Bertz CT molecular complexity index is 985.